The molecule has 26 heavy (non-hydrogen) atoms. The fourth-order valence-corrected chi connectivity index (χ4v) is 4.26. The highest BCUT2D eigenvalue weighted by atomic mass is 35.5. The van der Waals surface area contributed by atoms with Crippen LogP contribution in [0.2, 0.25) is 10.0 Å². The topological polar surface area (TPSA) is 52.6 Å². The zero-order chi connectivity index (χ0) is 18.9. The molecule has 2 aliphatic heterocycles. The van der Waals surface area contributed by atoms with Crippen LogP contribution in [0.5, 0.6) is 0 Å². The smallest absolute Gasteiger partial charge is 0.251 e. The molecule has 8 heteroatoms. The summed E-state index contributed by atoms with van der Waals surface area (Å²) in [5, 5.41) is 3.08. The highest BCUT2D eigenvalue weighted by Gasteiger charge is 2.26. The summed E-state index contributed by atoms with van der Waals surface area (Å²) in [6.45, 7) is 5.23. The molecule has 1 N–H and O–H groups in total. The number of hydrogen-bond donors (Lipinski definition) is 1. The van der Waals surface area contributed by atoms with Gasteiger partial charge in [-0.3, -0.25) is 9.69 Å². The van der Waals surface area contributed by atoms with E-state index < -0.39 is 0 Å². The molecule has 0 aliphatic carbocycles. The molecule has 1 unspecified atom stereocenters. The number of carbonyl (C=O) groups is 2. The molecule has 1 aromatic carbocycles. The maximum absolute atomic E-state index is 11.3. The minimum Gasteiger partial charge on any atom is -0.345 e. The molecule has 3 rings (SSSR count). The van der Waals surface area contributed by atoms with Crippen molar-refractivity contribution in [3.05, 3.63) is 33.8 Å². The van der Waals surface area contributed by atoms with Crippen molar-refractivity contribution >= 4 is 47.2 Å². The van der Waals surface area contributed by atoms with Gasteiger partial charge in [-0.1, -0.05) is 23.2 Å². The van der Waals surface area contributed by atoms with Crippen LogP contribution in [0.4, 0.5) is 0 Å². The largest absolute Gasteiger partial charge is 0.345 e. The summed E-state index contributed by atoms with van der Waals surface area (Å²) in [6, 6.07) is 5.38. The number of halogens is 2. The van der Waals surface area contributed by atoms with Crippen molar-refractivity contribution in [1.82, 2.24) is 15.1 Å². The quantitative estimate of drug-likeness (QED) is 0.763. The van der Waals surface area contributed by atoms with Gasteiger partial charge in [0.15, 0.2) is 0 Å². The van der Waals surface area contributed by atoms with Crippen molar-refractivity contribution in [2.75, 3.05) is 51.3 Å². The minimum absolute atomic E-state index is 0.0148. The minimum atomic E-state index is -0.351. The molecule has 1 amide bonds. The van der Waals surface area contributed by atoms with Gasteiger partial charge in [-0.15, -0.1) is 0 Å². The second-order valence-corrected chi connectivity index (χ2v) is 8.40. The van der Waals surface area contributed by atoms with Gasteiger partial charge in [0.25, 0.3) is 5.91 Å². The van der Waals surface area contributed by atoms with Gasteiger partial charge in [-0.25, -0.2) is 0 Å². The fraction of sp³-hybridized carbons (Fsp3) is 0.556. The van der Waals surface area contributed by atoms with E-state index >= 15 is 0 Å². The standard InChI is InChI=1S/C9H7Cl2NO2.C9H18N2S/c10-7-2-1-6(5-8(7)11)9(14)12-3-4-13;1-10-3-2-9(8-10)11-4-6-12-7-5-11/h1-2,4-5H,3H2,(H,12,14);9H,2-8H2,1H3. The van der Waals surface area contributed by atoms with Gasteiger partial charge in [0, 0.05) is 42.7 Å². The number of benzene rings is 1. The summed E-state index contributed by atoms with van der Waals surface area (Å²) in [4.78, 5) is 26.4. The van der Waals surface area contributed by atoms with Crippen LogP contribution in [0.3, 0.4) is 0 Å². The molecular formula is C18H25Cl2N3O2S. The second-order valence-electron chi connectivity index (χ2n) is 6.36. The Kier molecular flexibility index (Phi) is 9.22. The molecule has 2 fully saturated rings. The summed E-state index contributed by atoms with van der Waals surface area (Å²) in [7, 11) is 2.23. The Morgan fingerprint density at radius 1 is 1.27 bits per heavy atom. The van der Waals surface area contributed by atoms with Crippen molar-refractivity contribution in [2.24, 2.45) is 0 Å². The number of amides is 1. The maximum atomic E-state index is 11.3. The van der Waals surface area contributed by atoms with Crippen LogP contribution in [0, 0.1) is 0 Å². The molecule has 0 bridgehead atoms. The zero-order valence-corrected chi connectivity index (χ0v) is 17.2. The van der Waals surface area contributed by atoms with E-state index in [0.29, 0.717) is 21.9 Å². The summed E-state index contributed by atoms with van der Waals surface area (Å²) in [6.07, 6.45) is 2.00. The van der Waals surface area contributed by atoms with E-state index in [2.05, 4.69) is 33.9 Å². The first kappa shape index (κ1) is 21.5. The van der Waals surface area contributed by atoms with E-state index in [1.165, 1.54) is 62.3 Å². The summed E-state index contributed by atoms with van der Waals surface area (Å²) < 4.78 is 0. The van der Waals surface area contributed by atoms with Crippen molar-refractivity contribution < 1.29 is 9.59 Å². The first-order chi connectivity index (χ1) is 12.5. The predicted molar refractivity (Wildman–Crippen MR) is 110 cm³/mol. The Hall–Kier alpha value is -0.790. The van der Waals surface area contributed by atoms with Crippen LogP contribution >= 0.6 is 35.0 Å². The lowest BCUT2D eigenvalue weighted by Gasteiger charge is -2.31. The molecule has 0 radical (unpaired) electrons. The van der Waals surface area contributed by atoms with Gasteiger partial charge in [0.2, 0.25) is 0 Å². The number of carbonyl (C=O) groups excluding carboxylic acids is 2. The van der Waals surface area contributed by atoms with Gasteiger partial charge >= 0.3 is 0 Å². The Bertz CT molecular complexity index is 609. The number of rotatable bonds is 4. The van der Waals surface area contributed by atoms with Crippen LogP contribution in [-0.4, -0.2) is 79.3 Å². The molecule has 2 heterocycles. The van der Waals surface area contributed by atoms with Gasteiger partial charge in [0.1, 0.15) is 6.29 Å². The van der Waals surface area contributed by atoms with Crippen LogP contribution in [0.15, 0.2) is 18.2 Å². The maximum Gasteiger partial charge on any atom is 0.251 e. The number of aldehydes is 1. The van der Waals surface area contributed by atoms with Gasteiger partial charge < -0.3 is 15.0 Å². The molecular weight excluding hydrogens is 393 g/mol. The van der Waals surface area contributed by atoms with Crippen LogP contribution in [-0.2, 0) is 4.79 Å². The number of likely N-dealkylation sites (N-methyl/N-ethyl adjacent to an activating group) is 1. The lowest BCUT2D eigenvalue weighted by molar-refractivity contribution is -0.107. The molecule has 144 valence electrons. The van der Waals surface area contributed by atoms with Gasteiger partial charge in [-0.2, -0.15) is 11.8 Å². The molecule has 2 aliphatic rings. The molecule has 2 saturated heterocycles. The van der Waals surface area contributed by atoms with Crippen molar-refractivity contribution in [2.45, 2.75) is 12.5 Å². The number of nitrogens with zero attached hydrogens (tertiary/aromatic N) is 2. The van der Waals surface area contributed by atoms with Gasteiger partial charge in [0.05, 0.1) is 16.6 Å². The Morgan fingerprint density at radius 3 is 2.58 bits per heavy atom. The highest BCUT2D eigenvalue weighted by molar-refractivity contribution is 7.99. The number of thioether (sulfide) groups is 1. The Balaban J connectivity index is 0.000000189. The lowest BCUT2D eigenvalue weighted by Crippen LogP contribution is -2.42. The van der Waals surface area contributed by atoms with E-state index in [-0.39, 0.29) is 12.5 Å². The van der Waals surface area contributed by atoms with Crippen LogP contribution in [0.1, 0.15) is 16.8 Å². The molecule has 1 aromatic rings. The normalized spacial score (nSPS) is 21.0. The monoisotopic (exact) mass is 417 g/mol. The zero-order valence-electron chi connectivity index (χ0n) is 14.9. The first-order valence-electron chi connectivity index (χ1n) is 8.68. The average Bonchev–Trinajstić information content (AvgIpc) is 3.09. The number of hydrogen-bond acceptors (Lipinski definition) is 5. The van der Waals surface area contributed by atoms with Crippen LogP contribution in [0.25, 0.3) is 0 Å². The van der Waals surface area contributed by atoms with E-state index in [1.54, 1.807) is 0 Å². The summed E-state index contributed by atoms with van der Waals surface area (Å²) in [5.74, 6) is 2.34. The third-order valence-electron chi connectivity index (χ3n) is 4.46. The molecule has 5 nitrogen and oxygen atoms in total. The van der Waals surface area contributed by atoms with E-state index in [0.717, 1.165) is 6.04 Å². The second kappa shape index (κ2) is 11.1. The first-order valence-corrected chi connectivity index (χ1v) is 10.6. The number of likely N-dealkylation sites (tertiary alicyclic amines) is 1. The summed E-state index contributed by atoms with van der Waals surface area (Å²) in [5.41, 5.74) is 0.376. The summed E-state index contributed by atoms with van der Waals surface area (Å²) >= 11 is 13.5. The third-order valence-corrected chi connectivity index (χ3v) is 6.14. The average molecular weight is 418 g/mol. The third kappa shape index (κ3) is 6.74. The Labute approximate surface area is 169 Å². The highest BCUT2D eigenvalue weighted by Crippen LogP contribution is 2.22. The van der Waals surface area contributed by atoms with Gasteiger partial charge in [-0.05, 0) is 38.2 Å². The van der Waals surface area contributed by atoms with Crippen molar-refractivity contribution in [3.8, 4) is 0 Å². The molecule has 0 saturated carbocycles. The SMILES string of the molecule is CN1CCC(N2CCSCC2)C1.O=CCNC(=O)c1ccc(Cl)c(Cl)c1. The number of nitrogens with one attached hydrogen (secondary N) is 1. The van der Waals surface area contributed by atoms with E-state index in [9.17, 15) is 9.59 Å². The van der Waals surface area contributed by atoms with Crippen LogP contribution < -0.4 is 5.32 Å². The van der Waals surface area contributed by atoms with Crippen molar-refractivity contribution in [1.29, 1.82) is 0 Å². The van der Waals surface area contributed by atoms with E-state index in [1.807, 2.05) is 0 Å². The molecule has 0 spiro atoms. The molecule has 0 aromatic heterocycles. The fourth-order valence-electron chi connectivity index (χ4n) is 3.03. The van der Waals surface area contributed by atoms with Crippen molar-refractivity contribution in [3.63, 3.8) is 0 Å². The lowest BCUT2D eigenvalue weighted by atomic mass is 10.2. The Morgan fingerprint density at radius 2 is 2.00 bits per heavy atom. The molecule has 1 atom stereocenters. The van der Waals surface area contributed by atoms with E-state index in [4.69, 9.17) is 23.2 Å². The predicted octanol–water partition coefficient (Wildman–Crippen LogP) is 2.66.